The summed E-state index contributed by atoms with van der Waals surface area (Å²) in [5.74, 6) is 1.22. The number of hydrogen-bond acceptors (Lipinski definition) is 6. The molecular weight excluding hydrogens is 396 g/mol. The summed E-state index contributed by atoms with van der Waals surface area (Å²) in [5.41, 5.74) is 2.18. The van der Waals surface area contributed by atoms with Crippen LogP contribution in [0, 0.1) is 6.92 Å². The van der Waals surface area contributed by atoms with Crippen molar-refractivity contribution in [3.63, 3.8) is 0 Å². The molecular formula is C23H30N4O4. The van der Waals surface area contributed by atoms with E-state index in [1.807, 2.05) is 43.0 Å². The number of benzene rings is 1. The van der Waals surface area contributed by atoms with Crippen molar-refractivity contribution >= 4 is 23.5 Å². The van der Waals surface area contributed by atoms with Gasteiger partial charge in [-0.1, -0.05) is 0 Å². The van der Waals surface area contributed by atoms with Gasteiger partial charge in [-0.3, -0.25) is 0 Å². The molecule has 1 N–H and O–H groups in total. The molecule has 1 aromatic heterocycles. The third kappa shape index (κ3) is 5.87. The van der Waals surface area contributed by atoms with E-state index in [1.54, 1.807) is 13.0 Å². The number of hydrogen-bond donors (Lipinski definition) is 1. The van der Waals surface area contributed by atoms with Gasteiger partial charge in [0.1, 0.15) is 11.6 Å². The smallest absolute Gasteiger partial charge is 0.339 e. The monoisotopic (exact) mass is 426 g/mol. The Hall–Kier alpha value is -3.29. The van der Waals surface area contributed by atoms with Crippen molar-refractivity contribution in [1.82, 2.24) is 9.88 Å². The molecule has 0 spiro atoms. The Balaban J connectivity index is 1.58. The SMILES string of the molecule is CCOC(=O)c1ccc(N2CCCN(C(=O)Nc3ccc(OCC)cc3C)CC2)nc1. The van der Waals surface area contributed by atoms with Crippen LogP contribution in [0.2, 0.25) is 0 Å². The Kier molecular flexibility index (Phi) is 7.70. The van der Waals surface area contributed by atoms with Crippen molar-refractivity contribution < 1.29 is 19.1 Å². The molecule has 8 nitrogen and oxygen atoms in total. The highest BCUT2D eigenvalue weighted by molar-refractivity contribution is 5.90. The van der Waals surface area contributed by atoms with Crippen LogP contribution >= 0.6 is 0 Å². The molecule has 0 atom stereocenters. The molecule has 3 rings (SSSR count). The van der Waals surface area contributed by atoms with Gasteiger partial charge in [0.25, 0.3) is 0 Å². The first-order valence-corrected chi connectivity index (χ1v) is 10.7. The number of nitrogens with zero attached hydrogens (tertiary/aromatic N) is 3. The van der Waals surface area contributed by atoms with Gasteiger partial charge in [0, 0.05) is 38.1 Å². The maximum absolute atomic E-state index is 12.8. The second-order valence-electron chi connectivity index (χ2n) is 7.29. The number of carbonyl (C=O) groups excluding carboxylic acids is 2. The number of urea groups is 1. The predicted octanol–water partition coefficient (Wildman–Crippen LogP) is 3.71. The zero-order valence-corrected chi connectivity index (χ0v) is 18.4. The molecule has 166 valence electrons. The molecule has 2 heterocycles. The van der Waals surface area contributed by atoms with Gasteiger partial charge in [0.15, 0.2) is 0 Å². The van der Waals surface area contributed by atoms with Crippen LogP contribution < -0.4 is 15.0 Å². The lowest BCUT2D eigenvalue weighted by atomic mass is 10.2. The number of nitrogens with one attached hydrogen (secondary N) is 1. The summed E-state index contributed by atoms with van der Waals surface area (Å²) in [4.78, 5) is 33.0. The number of aryl methyl sites for hydroxylation is 1. The highest BCUT2D eigenvalue weighted by atomic mass is 16.5. The van der Waals surface area contributed by atoms with E-state index in [9.17, 15) is 9.59 Å². The summed E-state index contributed by atoms with van der Waals surface area (Å²) in [5, 5.41) is 3.01. The number of ether oxygens (including phenoxy) is 2. The van der Waals surface area contributed by atoms with Crippen molar-refractivity contribution in [1.29, 1.82) is 0 Å². The second-order valence-corrected chi connectivity index (χ2v) is 7.29. The Morgan fingerprint density at radius 2 is 1.90 bits per heavy atom. The van der Waals surface area contributed by atoms with Crippen LogP contribution in [-0.2, 0) is 4.74 Å². The van der Waals surface area contributed by atoms with Gasteiger partial charge in [-0.15, -0.1) is 0 Å². The third-order valence-electron chi connectivity index (χ3n) is 5.12. The van der Waals surface area contributed by atoms with Gasteiger partial charge in [0.05, 0.1) is 18.8 Å². The molecule has 1 saturated heterocycles. The molecule has 0 unspecified atom stereocenters. The van der Waals surface area contributed by atoms with Crippen LogP contribution in [0.25, 0.3) is 0 Å². The lowest BCUT2D eigenvalue weighted by molar-refractivity contribution is 0.0526. The topological polar surface area (TPSA) is 84.0 Å². The normalized spacial score (nSPS) is 14.0. The number of aromatic nitrogens is 1. The van der Waals surface area contributed by atoms with E-state index < -0.39 is 0 Å². The molecule has 2 amide bonds. The van der Waals surface area contributed by atoms with Gasteiger partial charge in [-0.05, 0) is 63.1 Å². The molecule has 1 aliphatic rings. The van der Waals surface area contributed by atoms with Crippen LogP contribution in [0.1, 0.15) is 36.2 Å². The van der Waals surface area contributed by atoms with Gasteiger partial charge in [-0.2, -0.15) is 0 Å². The molecule has 0 bridgehead atoms. The minimum atomic E-state index is -0.371. The van der Waals surface area contributed by atoms with E-state index in [-0.39, 0.29) is 12.0 Å². The first-order chi connectivity index (χ1) is 15.0. The summed E-state index contributed by atoms with van der Waals surface area (Å²) in [6.07, 6.45) is 2.37. The van der Waals surface area contributed by atoms with E-state index in [2.05, 4.69) is 15.2 Å². The number of anilines is 2. The van der Waals surface area contributed by atoms with Gasteiger partial charge in [-0.25, -0.2) is 14.6 Å². The van der Waals surface area contributed by atoms with Crippen LogP contribution in [0.3, 0.4) is 0 Å². The number of esters is 1. The maximum Gasteiger partial charge on any atom is 0.339 e. The average Bonchev–Trinajstić information content (AvgIpc) is 3.02. The van der Waals surface area contributed by atoms with E-state index in [0.717, 1.165) is 35.8 Å². The Morgan fingerprint density at radius 1 is 1.06 bits per heavy atom. The second kappa shape index (κ2) is 10.7. The first kappa shape index (κ1) is 22.4. The van der Waals surface area contributed by atoms with Crippen LogP contribution in [-0.4, -0.2) is 61.3 Å². The van der Waals surface area contributed by atoms with E-state index in [0.29, 0.717) is 38.4 Å². The zero-order valence-electron chi connectivity index (χ0n) is 18.4. The molecule has 1 fully saturated rings. The quantitative estimate of drug-likeness (QED) is 0.709. The predicted molar refractivity (Wildman–Crippen MR) is 120 cm³/mol. The fraction of sp³-hybridized carbons (Fsp3) is 0.435. The Bertz CT molecular complexity index is 901. The highest BCUT2D eigenvalue weighted by Crippen LogP contribution is 2.22. The lowest BCUT2D eigenvalue weighted by Gasteiger charge is -2.23. The number of carbonyl (C=O) groups is 2. The van der Waals surface area contributed by atoms with Crippen LogP contribution in [0.5, 0.6) is 5.75 Å². The van der Waals surface area contributed by atoms with Crippen molar-refractivity contribution in [3.05, 3.63) is 47.7 Å². The summed E-state index contributed by atoms with van der Waals surface area (Å²) in [7, 11) is 0. The standard InChI is InChI=1S/C23H30N4O4/c1-4-30-19-8-9-20(17(3)15-19)25-23(29)27-12-6-11-26(13-14-27)21-10-7-18(16-24-21)22(28)31-5-2/h7-10,15-16H,4-6,11-14H2,1-3H3,(H,25,29). The number of rotatable bonds is 6. The number of amides is 2. The van der Waals surface area contributed by atoms with Crippen LogP contribution in [0.15, 0.2) is 36.5 Å². The zero-order chi connectivity index (χ0) is 22.2. The third-order valence-corrected chi connectivity index (χ3v) is 5.12. The Morgan fingerprint density at radius 3 is 2.58 bits per heavy atom. The lowest BCUT2D eigenvalue weighted by Crippen LogP contribution is -2.38. The van der Waals surface area contributed by atoms with Crippen molar-refractivity contribution in [2.75, 3.05) is 49.6 Å². The minimum Gasteiger partial charge on any atom is -0.494 e. The molecule has 1 aliphatic heterocycles. The molecule has 0 saturated carbocycles. The van der Waals surface area contributed by atoms with Gasteiger partial charge in [0.2, 0.25) is 0 Å². The molecule has 0 radical (unpaired) electrons. The molecule has 2 aromatic rings. The van der Waals surface area contributed by atoms with Crippen LogP contribution in [0.4, 0.5) is 16.3 Å². The first-order valence-electron chi connectivity index (χ1n) is 10.7. The maximum atomic E-state index is 12.8. The van der Waals surface area contributed by atoms with E-state index >= 15 is 0 Å². The number of pyridine rings is 1. The Labute approximate surface area is 183 Å². The average molecular weight is 427 g/mol. The fourth-order valence-corrected chi connectivity index (χ4v) is 3.49. The molecule has 31 heavy (non-hydrogen) atoms. The fourth-order valence-electron chi connectivity index (χ4n) is 3.49. The highest BCUT2D eigenvalue weighted by Gasteiger charge is 2.21. The summed E-state index contributed by atoms with van der Waals surface area (Å²) >= 11 is 0. The van der Waals surface area contributed by atoms with Gasteiger partial charge >= 0.3 is 12.0 Å². The van der Waals surface area contributed by atoms with E-state index in [1.165, 1.54) is 6.20 Å². The minimum absolute atomic E-state index is 0.111. The van der Waals surface area contributed by atoms with Crippen molar-refractivity contribution in [2.24, 2.45) is 0 Å². The van der Waals surface area contributed by atoms with Crippen molar-refractivity contribution in [2.45, 2.75) is 27.2 Å². The molecule has 8 heteroatoms. The summed E-state index contributed by atoms with van der Waals surface area (Å²) in [6.45, 7) is 9.32. The van der Waals surface area contributed by atoms with E-state index in [4.69, 9.17) is 9.47 Å². The summed E-state index contributed by atoms with van der Waals surface area (Å²) < 4.78 is 10.5. The molecule has 1 aromatic carbocycles. The van der Waals surface area contributed by atoms with Gasteiger partial charge < -0.3 is 24.6 Å². The molecule has 0 aliphatic carbocycles. The van der Waals surface area contributed by atoms with Crippen molar-refractivity contribution in [3.8, 4) is 5.75 Å². The summed E-state index contributed by atoms with van der Waals surface area (Å²) in [6, 6.07) is 9.10. The largest absolute Gasteiger partial charge is 0.494 e.